The second-order valence-corrected chi connectivity index (χ2v) is 6.50. The topological polar surface area (TPSA) is 46.3 Å². The van der Waals surface area contributed by atoms with Crippen LogP contribution in [0.3, 0.4) is 0 Å². The van der Waals surface area contributed by atoms with Crippen LogP contribution in [0.4, 0.5) is 5.69 Å². The number of hydrogen-bond donors (Lipinski definition) is 1. The Kier molecular flexibility index (Phi) is 5.40. The number of carbonyl (C=O) groups excluding carboxylic acids is 1. The molecule has 2 rings (SSSR count). The Bertz CT molecular complexity index is 460. The predicted octanol–water partition coefficient (Wildman–Crippen LogP) is 3.73. The minimum absolute atomic E-state index is 0.105. The first-order valence-electron chi connectivity index (χ1n) is 8.22. The van der Waals surface area contributed by atoms with Crippen molar-refractivity contribution < 1.29 is 4.79 Å². The number of nitrogens with zero attached hydrogens (tertiary/aromatic N) is 1. The first-order valence-corrected chi connectivity index (χ1v) is 8.22. The van der Waals surface area contributed by atoms with Crippen LogP contribution < -0.4 is 10.6 Å². The third kappa shape index (κ3) is 3.85. The molecule has 1 aliphatic carbocycles. The monoisotopic (exact) mass is 288 g/mol. The Labute approximate surface area is 128 Å². The van der Waals surface area contributed by atoms with Gasteiger partial charge in [0.25, 0.3) is 0 Å². The van der Waals surface area contributed by atoms with Crippen LogP contribution in [0, 0.1) is 5.92 Å². The van der Waals surface area contributed by atoms with Gasteiger partial charge < -0.3 is 10.6 Å². The van der Waals surface area contributed by atoms with Crippen LogP contribution in [0.25, 0.3) is 0 Å². The molecule has 1 aliphatic rings. The van der Waals surface area contributed by atoms with Gasteiger partial charge >= 0.3 is 0 Å². The minimum atomic E-state index is -0.679. The first kappa shape index (κ1) is 16.0. The van der Waals surface area contributed by atoms with Gasteiger partial charge in [-0.15, -0.1) is 0 Å². The zero-order valence-electron chi connectivity index (χ0n) is 13.3. The summed E-state index contributed by atoms with van der Waals surface area (Å²) in [5.41, 5.74) is 6.80. The third-order valence-electron chi connectivity index (χ3n) is 4.51. The average molecular weight is 288 g/mol. The molecule has 3 heteroatoms. The molecule has 3 nitrogen and oxygen atoms in total. The molecule has 21 heavy (non-hydrogen) atoms. The Morgan fingerprint density at radius 2 is 2.10 bits per heavy atom. The van der Waals surface area contributed by atoms with Gasteiger partial charge in [0.1, 0.15) is 0 Å². The van der Waals surface area contributed by atoms with Gasteiger partial charge in [0, 0.05) is 12.2 Å². The number of para-hydroxylation sites is 1. The lowest BCUT2D eigenvalue weighted by Crippen LogP contribution is -2.57. The number of anilines is 1. The summed E-state index contributed by atoms with van der Waals surface area (Å²) in [5, 5.41) is 0. The lowest BCUT2D eigenvalue weighted by atomic mass is 9.76. The Morgan fingerprint density at radius 1 is 1.38 bits per heavy atom. The van der Waals surface area contributed by atoms with Crippen LogP contribution in [-0.2, 0) is 4.79 Å². The SMILES string of the molecule is CCCCN(C(=O)C1(N)CCCC(C)C1)c1ccccc1. The van der Waals surface area contributed by atoms with Gasteiger partial charge in [-0.25, -0.2) is 0 Å². The van der Waals surface area contributed by atoms with E-state index in [1.165, 1.54) is 6.42 Å². The number of amides is 1. The smallest absolute Gasteiger partial charge is 0.247 e. The second-order valence-electron chi connectivity index (χ2n) is 6.50. The van der Waals surface area contributed by atoms with Gasteiger partial charge in [-0.05, 0) is 37.3 Å². The molecule has 0 bridgehead atoms. The van der Waals surface area contributed by atoms with Gasteiger partial charge in [-0.2, -0.15) is 0 Å². The zero-order chi connectivity index (χ0) is 15.3. The lowest BCUT2D eigenvalue weighted by molar-refractivity contribution is -0.125. The van der Waals surface area contributed by atoms with Crippen molar-refractivity contribution in [3.63, 3.8) is 0 Å². The molecule has 1 aromatic carbocycles. The maximum Gasteiger partial charge on any atom is 0.247 e. The van der Waals surface area contributed by atoms with Crippen LogP contribution in [0.2, 0.25) is 0 Å². The van der Waals surface area contributed by atoms with Crippen molar-refractivity contribution in [1.29, 1.82) is 0 Å². The molecule has 1 fully saturated rings. The summed E-state index contributed by atoms with van der Waals surface area (Å²) >= 11 is 0. The molecule has 1 aromatic rings. The van der Waals surface area contributed by atoms with E-state index in [4.69, 9.17) is 5.73 Å². The lowest BCUT2D eigenvalue weighted by Gasteiger charge is -2.39. The highest BCUT2D eigenvalue weighted by molar-refractivity contribution is 6.00. The summed E-state index contributed by atoms with van der Waals surface area (Å²) in [4.78, 5) is 15.0. The summed E-state index contributed by atoms with van der Waals surface area (Å²) in [6.45, 7) is 5.11. The largest absolute Gasteiger partial charge is 0.317 e. The number of nitrogens with two attached hydrogens (primary N) is 1. The average Bonchev–Trinajstić information content (AvgIpc) is 2.48. The molecular weight excluding hydrogens is 260 g/mol. The Morgan fingerprint density at radius 3 is 2.71 bits per heavy atom. The standard InChI is InChI=1S/C18H28N2O/c1-3-4-13-20(16-10-6-5-7-11-16)17(21)18(19)12-8-9-15(2)14-18/h5-7,10-11,15H,3-4,8-9,12-14,19H2,1-2H3. The van der Waals surface area contributed by atoms with Crippen molar-refractivity contribution in [3.05, 3.63) is 30.3 Å². The van der Waals surface area contributed by atoms with Gasteiger partial charge in [0.05, 0.1) is 5.54 Å². The molecule has 0 aromatic heterocycles. The number of rotatable bonds is 5. The van der Waals surface area contributed by atoms with E-state index in [0.29, 0.717) is 5.92 Å². The quantitative estimate of drug-likeness (QED) is 0.897. The fraction of sp³-hybridized carbons (Fsp3) is 0.611. The first-order chi connectivity index (χ1) is 10.1. The van der Waals surface area contributed by atoms with Gasteiger partial charge in [-0.1, -0.05) is 51.3 Å². The van der Waals surface area contributed by atoms with E-state index in [1.807, 2.05) is 35.2 Å². The van der Waals surface area contributed by atoms with Crippen LogP contribution in [0.15, 0.2) is 30.3 Å². The maximum atomic E-state index is 13.1. The van der Waals surface area contributed by atoms with Crippen LogP contribution in [0.1, 0.15) is 52.4 Å². The molecule has 2 atom stereocenters. The van der Waals surface area contributed by atoms with E-state index >= 15 is 0 Å². The predicted molar refractivity (Wildman–Crippen MR) is 88.3 cm³/mol. The van der Waals surface area contributed by atoms with Crippen molar-refractivity contribution in [3.8, 4) is 0 Å². The number of unbranched alkanes of at least 4 members (excludes halogenated alkanes) is 1. The molecule has 116 valence electrons. The molecular formula is C18H28N2O. The number of hydrogen-bond acceptors (Lipinski definition) is 2. The number of benzene rings is 1. The molecule has 1 saturated carbocycles. The summed E-state index contributed by atoms with van der Waals surface area (Å²) in [6.07, 6.45) is 5.94. The minimum Gasteiger partial charge on any atom is -0.317 e. The molecule has 1 amide bonds. The van der Waals surface area contributed by atoms with Crippen molar-refractivity contribution >= 4 is 11.6 Å². The van der Waals surface area contributed by atoms with Crippen LogP contribution >= 0.6 is 0 Å². The van der Waals surface area contributed by atoms with Gasteiger partial charge in [0.15, 0.2) is 0 Å². The molecule has 2 unspecified atom stereocenters. The van der Waals surface area contributed by atoms with E-state index in [-0.39, 0.29) is 5.91 Å². The molecule has 0 aliphatic heterocycles. The fourth-order valence-corrected chi connectivity index (χ4v) is 3.33. The highest BCUT2D eigenvalue weighted by Crippen LogP contribution is 2.33. The number of carbonyl (C=O) groups is 1. The second kappa shape index (κ2) is 7.08. The van der Waals surface area contributed by atoms with E-state index in [1.54, 1.807) is 0 Å². The normalized spacial score (nSPS) is 25.6. The molecule has 0 heterocycles. The van der Waals surface area contributed by atoms with Crippen molar-refractivity contribution in [2.45, 2.75) is 57.9 Å². The Balaban J connectivity index is 2.21. The van der Waals surface area contributed by atoms with E-state index < -0.39 is 5.54 Å². The summed E-state index contributed by atoms with van der Waals surface area (Å²) in [5.74, 6) is 0.644. The Hall–Kier alpha value is -1.35. The zero-order valence-corrected chi connectivity index (χ0v) is 13.3. The van der Waals surface area contributed by atoms with Crippen molar-refractivity contribution in [1.82, 2.24) is 0 Å². The summed E-state index contributed by atoms with van der Waals surface area (Å²) in [6, 6.07) is 9.95. The van der Waals surface area contributed by atoms with Gasteiger partial charge in [-0.3, -0.25) is 4.79 Å². The van der Waals surface area contributed by atoms with E-state index in [9.17, 15) is 4.79 Å². The fourth-order valence-electron chi connectivity index (χ4n) is 3.33. The van der Waals surface area contributed by atoms with Crippen LogP contribution in [-0.4, -0.2) is 18.0 Å². The highest BCUT2D eigenvalue weighted by Gasteiger charge is 2.40. The molecule has 2 N–H and O–H groups in total. The van der Waals surface area contributed by atoms with Crippen molar-refractivity contribution in [2.75, 3.05) is 11.4 Å². The summed E-state index contributed by atoms with van der Waals surface area (Å²) < 4.78 is 0. The maximum absolute atomic E-state index is 13.1. The summed E-state index contributed by atoms with van der Waals surface area (Å²) in [7, 11) is 0. The third-order valence-corrected chi connectivity index (χ3v) is 4.51. The molecule has 0 radical (unpaired) electrons. The van der Waals surface area contributed by atoms with E-state index in [0.717, 1.165) is 44.3 Å². The molecule has 0 saturated heterocycles. The van der Waals surface area contributed by atoms with Crippen molar-refractivity contribution in [2.24, 2.45) is 11.7 Å². The van der Waals surface area contributed by atoms with Gasteiger partial charge in [0.2, 0.25) is 5.91 Å². The van der Waals surface area contributed by atoms with Crippen LogP contribution in [0.5, 0.6) is 0 Å². The highest BCUT2D eigenvalue weighted by atomic mass is 16.2. The van der Waals surface area contributed by atoms with E-state index in [2.05, 4.69) is 13.8 Å². The molecule has 0 spiro atoms.